The molecule has 3 rings (SSSR count). The molecular formula is C18H16BrNO3. The predicted molar refractivity (Wildman–Crippen MR) is 90.2 cm³/mol. The maximum absolute atomic E-state index is 12.0. The maximum Gasteiger partial charge on any atom is 0.407 e. The number of fused-ring (bicyclic) bond motifs is 1. The second kappa shape index (κ2) is 6.96. The first-order valence-electron chi connectivity index (χ1n) is 7.43. The van der Waals surface area contributed by atoms with Crippen molar-refractivity contribution in [1.82, 2.24) is 5.32 Å². The third-order valence-electron chi connectivity index (χ3n) is 3.86. The van der Waals surface area contributed by atoms with Gasteiger partial charge in [-0.2, -0.15) is 0 Å². The summed E-state index contributed by atoms with van der Waals surface area (Å²) in [5, 5.41) is 2.86. The van der Waals surface area contributed by atoms with E-state index in [1.807, 2.05) is 42.5 Å². The van der Waals surface area contributed by atoms with Gasteiger partial charge in [-0.25, -0.2) is 4.79 Å². The molecule has 1 N–H and O–H groups in total. The van der Waals surface area contributed by atoms with Gasteiger partial charge in [-0.15, -0.1) is 0 Å². The lowest BCUT2D eigenvalue weighted by molar-refractivity contribution is 0.0956. The van der Waals surface area contributed by atoms with E-state index < -0.39 is 6.09 Å². The average molecular weight is 374 g/mol. The van der Waals surface area contributed by atoms with Crippen LogP contribution < -0.4 is 5.32 Å². The number of Topliss-reactive ketones (excluding diaryl/α,β-unsaturated/α-hetero) is 1. The van der Waals surface area contributed by atoms with Crippen LogP contribution in [0.3, 0.4) is 0 Å². The van der Waals surface area contributed by atoms with E-state index in [0.29, 0.717) is 18.4 Å². The molecule has 2 aromatic rings. The predicted octanol–water partition coefficient (Wildman–Crippen LogP) is 4.39. The Morgan fingerprint density at radius 1 is 1.22 bits per heavy atom. The maximum atomic E-state index is 12.0. The molecule has 0 spiro atoms. The molecule has 5 heteroatoms. The fourth-order valence-corrected chi connectivity index (χ4v) is 3.06. The lowest BCUT2D eigenvalue weighted by atomic mass is 9.87. The Kier molecular flexibility index (Phi) is 4.76. The Balaban J connectivity index is 1.65. The van der Waals surface area contributed by atoms with Crippen LogP contribution in [0.4, 0.5) is 4.79 Å². The molecule has 0 bridgehead atoms. The van der Waals surface area contributed by atoms with Gasteiger partial charge in [0.15, 0.2) is 5.78 Å². The molecule has 1 aliphatic rings. The van der Waals surface area contributed by atoms with Crippen LogP contribution in [-0.4, -0.2) is 11.9 Å². The normalized spacial score (nSPS) is 16.6. The number of carbonyl (C=O) groups is 2. The topological polar surface area (TPSA) is 55.4 Å². The van der Waals surface area contributed by atoms with Crippen LogP contribution >= 0.6 is 15.9 Å². The summed E-state index contributed by atoms with van der Waals surface area (Å²) in [6.07, 6.45) is 0.545. The first-order valence-corrected chi connectivity index (χ1v) is 8.22. The molecule has 0 saturated heterocycles. The SMILES string of the molecule is O=C(NC1CCC(=O)c2cc(Br)ccc21)OCc1ccccc1. The van der Waals surface area contributed by atoms with Gasteiger partial charge in [-0.3, -0.25) is 4.79 Å². The van der Waals surface area contributed by atoms with Crippen molar-refractivity contribution in [2.75, 3.05) is 0 Å². The second-order valence-electron chi connectivity index (χ2n) is 5.45. The number of hydrogen-bond acceptors (Lipinski definition) is 3. The Morgan fingerprint density at radius 3 is 2.78 bits per heavy atom. The third kappa shape index (κ3) is 3.79. The highest BCUT2D eigenvalue weighted by molar-refractivity contribution is 9.10. The Morgan fingerprint density at radius 2 is 2.00 bits per heavy atom. The summed E-state index contributed by atoms with van der Waals surface area (Å²) in [6, 6.07) is 14.9. The van der Waals surface area contributed by atoms with E-state index in [0.717, 1.165) is 15.6 Å². The first-order chi connectivity index (χ1) is 11.1. The summed E-state index contributed by atoms with van der Waals surface area (Å²) >= 11 is 3.38. The number of carbonyl (C=O) groups excluding carboxylic acids is 2. The van der Waals surface area contributed by atoms with Crippen LogP contribution in [0.15, 0.2) is 53.0 Å². The van der Waals surface area contributed by atoms with Crippen molar-refractivity contribution in [3.63, 3.8) is 0 Å². The van der Waals surface area contributed by atoms with Gasteiger partial charge in [-0.1, -0.05) is 52.3 Å². The van der Waals surface area contributed by atoms with E-state index in [9.17, 15) is 9.59 Å². The summed E-state index contributed by atoms with van der Waals surface area (Å²) in [5.41, 5.74) is 2.45. The molecule has 1 atom stereocenters. The van der Waals surface area contributed by atoms with Crippen molar-refractivity contribution in [3.05, 3.63) is 69.7 Å². The molecule has 1 amide bonds. The highest BCUT2D eigenvalue weighted by Gasteiger charge is 2.27. The fraction of sp³-hybridized carbons (Fsp3) is 0.222. The second-order valence-corrected chi connectivity index (χ2v) is 6.37. The van der Waals surface area contributed by atoms with Crippen LogP contribution in [0, 0.1) is 0 Å². The summed E-state index contributed by atoms with van der Waals surface area (Å²) in [5.74, 6) is 0.108. The highest BCUT2D eigenvalue weighted by Crippen LogP contribution is 2.31. The third-order valence-corrected chi connectivity index (χ3v) is 4.35. The van der Waals surface area contributed by atoms with Gasteiger partial charge in [0.25, 0.3) is 0 Å². The van der Waals surface area contributed by atoms with Gasteiger partial charge >= 0.3 is 6.09 Å². The van der Waals surface area contributed by atoms with E-state index in [-0.39, 0.29) is 18.4 Å². The van der Waals surface area contributed by atoms with Gasteiger partial charge in [0, 0.05) is 16.5 Å². The Hall–Kier alpha value is -2.14. The molecule has 4 nitrogen and oxygen atoms in total. The quantitative estimate of drug-likeness (QED) is 0.867. The summed E-state index contributed by atoms with van der Waals surface area (Å²) < 4.78 is 6.11. The molecule has 2 aromatic carbocycles. The number of rotatable bonds is 3. The molecule has 1 unspecified atom stereocenters. The first kappa shape index (κ1) is 15.7. The number of nitrogens with one attached hydrogen (secondary N) is 1. The smallest absolute Gasteiger partial charge is 0.407 e. The van der Waals surface area contributed by atoms with Gasteiger partial charge in [0.05, 0.1) is 6.04 Å². The van der Waals surface area contributed by atoms with Crippen LogP contribution in [-0.2, 0) is 11.3 Å². The molecule has 23 heavy (non-hydrogen) atoms. The lowest BCUT2D eigenvalue weighted by Crippen LogP contribution is -2.32. The zero-order chi connectivity index (χ0) is 16.2. The summed E-state index contributed by atoms with van der Waals surface area (Å²) in [4.78, 5) is 24.0. The molecule has 118 valence electrons. The van der Waals surface area contributed by atoms with Crippen LogP contribution in [0.1, 0.15) is 40.4 Å². The van der Waals surface area contributed by atoms with E-state index in [1.165, 1.54) is 0 Å². The number of ketones is 1. The lowest BCUT2D eigenvalue weighted by Gasteiger charge is -2.25. The molecule has 0 aliphatic heterocycles. The molecule has 0 saturated carbocycles. The van der Waals surface area contributed by atoms with E-state index in [4.69, 9.17) is 4.74 Å². The van der Waals surface area contributed by atoms with Crippen molar-refractivity contribution >= 4 is 27.8 Å². The molecule has 0 heterocycles. The van der Waals surface area contributed by atoms with Crippen LogP contribution in [0.2, 0.25) is 0 Å². The van der Waals surface area contributed by atoms with Gasteiger partial charge in [0.1, 0.15) is 6.61 Å². The summed E-state index contributed by atoms with van der Waals surface area (Å²) in [6.45, 7) is 0.228. The Bertz CT molecular complexity index is 730. The number of ether oxygens (including phenoxy) is 1. The molecule has 0 aromatic heterocycles. The average Bonchev–Trinajstić information content (AvgIpc) is 2.57. The molecular weight excluding hydrogens is 358 g/mol. The van der Waals surface area contributed by atoms with Crippen molar-refractivity contribution in [3.8, 4) is 0 Å². The molecule has 0 fully saturated rings. The zero-order valence-electron chi connectivity index (χ0n) is 12.4. The van der Waals surface area contributed by atoms with Gasteiger partial charge in [0.2, 0.25) is 0 Å². The number of alkyl carbamates (subject to hydrolysis) is 1. The fourth-order valence-electron chi connectivity index (χ4n) is 2.70. The standard InChI is InChI=1S/C18H16BrNO3/c19-13-6-7-14-15(10-13)17(21)9-8-16(14)20-18(22)23-11-12-4-2-1-3-5-12/h1-7,10,16H,8-9,11H2,(H,20,22). The minimum atomic E-state index is -0.470. The van der Waals surface area contributed by atoms with Crippen molar-refractivity contribution in [1.29, 1.82) is 0 Å². The number of hydrogen-bond donors (Lipinski definition) is 1. The van der Waals surface area contributed by atoms with Gasteiger partial charge < -0.3 is 10.1 Å². The van der Waals surface area contributed by atoms with E-state index in [2.05, 4.69) is 21.2 Å². The van der Waals surface area contributed by atoms with E-state index in [1.54, 1.807) is 6.07 Å². The van der Waals surface area contributed by atoms with Crippen molar-refractivity contribution in [2.45, 2.75) is 25.5 Å². The molecule has 1 aliphatic carbocycles. The van der Waals surface area contributed by atoms with Crippen LogP contribution in [0.5, 0.6) is 0 Å². The highest BCUT2D eigenvalue weighted by atomic mass is 79.9. The Labute approximate surface area is 143 Å². The molecule has 0 radical (unpaired) electrons. The van der Waals surface area contributed by atoms with Crippen LogP contribution in [0.25, 0.3) is 0 Å². The van der Waals surface area contributed by atoms with E-state index >= 15 is 0 Å². The van der Waals surface area contributed by atoms with Crippen molar-refractivity contribution < 1.29 is 14.3 Å². The number of halogens is 1. The monoisotopic (exact) mass is 373 g/mol. The minimum Gasteiger partial charge on any atom is -0.445 e. The van der Waals surface area contributed by atoms with Gasteiger partial charge in [-0.05, 0) is 29.7 Å². The number of amides is 1. The number of benzene rings is 2. The van der Waals surface area contributed by atoms with Crippen molar-refractivity contribution in [2.24, 2.45) is 0 Å². The summed E-state index contributed by atoms with van der Waals surface area (Å²) in [7, 11) is 0. The zero-order valence-corrected chi connectivity index (χ0v) is 14.0. The minimum absolute atomic E-state index is 0.108. The largest absolute Gasteiger partial charge is 0.445 e.